The molecule has 0 aromatic heterocycles. The van der Waals surface area contributed by atoms with Gasteiger partial charge in [0.15, 0.2) is 6.61 Å². The minimum atomic E-state index is -4.47. The van der Waals surface area contributed by atoms with Gasteiger partial charge in [-0.25, -0.2) is 5.48 Å². The van der Waals surface area contributed by atoms with E-state index < -0.39 is 24.8 Å². The molecule has 0 fully saturated rings. The Morgan fingerprint density at radius 3 is 2.53 bits per heavy atom. The molecule has 0 aromatic carbocycles. The van der Waals surface area contributed by atoms with Crippen molar-refractivity contribution in [2.24, 2.45) is 5.73 Å². The highest BCUT2D eigenvalue weighted by Crippen LogP contribution is 2.13. The highest BCUT2D eigenvalue weighted by atomic mass is 19.4. The first-order valence-electron chi connectivity index (χ1n) is 4.09. The van der Waals surface area contributed by atoms with Crippen molar-refractivity contribution in [3.63, 3.8) is 0 Å². The molecule has 5 nitrogen and oxygen atoms in total. The van der Waals surface area contributed by atoms with E-state index in [2.05, 4.69) is 4.84 Å². The highest BCUT2D eigenvalue weighted by molar-refractivity contribution is 5.75. The van der Waals surface area contributed by atoms with Crippen molar-refractivity contribution in [2.75, 3.05) is 20.3 Å². The molecule has 90 valence electrons. The van der Waals surface area contributed by atoms with Gasteiger partial charge in [0.25, 0.3) is 0 Å². The van der Waals surface area contributed by atoms with Gasteiger partial charge in [-0.1, -0.05) is 0 Å². The predicted molar refractivity (Wildman–Crippen MR) is 44.6 cm³/mol. The Balaban J connectivity index is 3.66. The molecule has 8 heteroatoms. The first-order valence-corrected chi connectivity index (χ1v) is 4.09. The Bertz CT molecular complexity index is 194. The molecule has 1 atom stereocenters. The van der Waals surface area contributed by atoms with Crippen molar-refractivity contribution >= 4 is 5.91 Å². The highest BCUT2D eigenvalue weighted by Gasteiger charge is 2.28. The Hall–Kier alpha value is -0.860. The van der Waals surface area contributed by atoms with E-state index in [1.165, 1.54) is 7.11 Å². The van der Waals surface area contributed by atoms with Crippen molar-refractivity contribution < 1.29 is 27.5 Å². The molecule has 0 aromatic rings. The monoisotopic (exact) mass is 230 g/mol. The molecule has 3 N–H and O–H groups in total. The zero-order chi connectivity index (χ0) is 11.9. The quantitative estimate of drug-likeness (QED) is 0.628. The molecule has 0 bridgehead atoms. The van der Waals surface area contributed by atoms with Crippen LogP contribution in [0.25, 0.3) is 0 Å². The maximum Gasteiger partial charge on any atom is 0.414 e. The number of hydroxylamine groups is 1. The molecule has 0 heterocycles. The first-order chi connectivity index (χ1) is 6.89. The van der Waals surface area contributed by atoms with Crippen LogP contribution in [0.2, 0.25) is 0 Å². The summed E-state index contributed by atoms with van der Waals surface area (Å²) >= 11 is 0. The van der Waals surface area contributed by atoms with E-state index in [0.29, 0.717) is 0 Å². The fourth-order valence-corrected chi connectivity index (χ4v) is 0.710. The Morgan fingerprint density at radius 1 is 1.53 bits per heavy atom. The molecular formula is C7H13F3N2O3. The molecule has 0 aliphatic rings. The minimum absolute atomic E-state index is 0.100. The third-order valence-corrected chi connectivity index (χ3v) is 1.43. The summed E-state index contributed by atoms with van der Waals surface area (Å²) in [4.78, 5) is 14.8. The Morgan fingerprint density at radius 2 is 2.13 bits per heavy atom. The van der Waals surface area contributed by atoms with Gasteiger partial charge in [-0.3, -0.25) is 9.63 Å². The molecule has 0 rings (SSSR count). The van der Waals surface area contributed by atoms with Crippen LogP contribution in [-0.4, -0.2) is 38.4 Å². The molecular weight excluding hydrogens is 217 g/mol. The second-order valence-corrected chi connectivity index (χ2v) is 2.73. The third kappa shape index (κ3) is 8.16. The van der Waals surface area contributed by atoms with Crippen LogP contribution in [0.5, 0.6) is 0 Å². The number of carbonyl (C=O) groups is 1. The number of amides is 1. The normalized spacial score (nSPS) is 13.7. The van der Waals surface area contributed by atoms with Gasteiger partial charge in [0, 0.05) is 13.7 Å². The van der Waals surface area contributed by atoms with Crippen molar-refractivity contribution in [3.05, 3.63) is 0 Å². The summed E-state index contributed by atoms with van der Waals surface area (Å²) < 4.78 is 39.5. The van der Waals surface area contributed by atoms with Gasteiger partial charge in [0.1, 0.15) is 0 Å². The van der Waals surface area contributed by atoms with Gasteiger partial charge in [-0.05, 0) is 0 Å². The zero-order valence-electron chi connectivity index (χ0n) is 8.13. The van der Waals surface area contributed by atoms with Crippen molar-refractivity contribution in [1.29, 1.82) is 0 Å². The second kappa shape index (κ2) is 6.59. The number of nitrogens with one attached hydrogen (secondary N) is 1. The van der Waals surface area contributed by atoms with Crippen LogP contribution >= 0.6 is 0 Å². The number of hydrogen-bond acceptors (Lipinski definition) is 4. The molecule has 0 spiro atoms. The molecule has 0 aliphatic carbocycles. The second-order valence-electron chi connectivity index (χ2n) is 2.73. The Labute approximate surface area is 84.7 Å². The van der Waals surface area contributed by atoms with E-state index in [0.717, 1.165) is 0 Å². The lowest BCUT2D eigenvalue weighted by Gasteiger charge is -2.12. The number of rotatable bonds is 6. The van der Waals surface area contributed by atoms with Gasteiger partial charge in [0.2, 0.25) is 5.91 Å². The van der Waals surface area contributed by atoms with Crippen LogP contribution in [0.3, 0.4) is 0 Å². The molecule has 1 unspecified atom stereocenters. The standard InChI is InChI=1S/C7H13F3N2O3/c1-14-5(3-11)2-6(13)12-15-4-7(8,9)10/h5H,2-4,11H2,1H3,(H,12,13). The molecule has 1 amide bonds. The summed E-state index contributed by atoms with van der Waals surface area (Å²) in [6.07, 6.45) is -5.15. The zero-order valence-corrected chi connectivity index (χ0v) is 8.13. The summed E-state index contributed by atoms with van der Waals surface area (Å²) in [7, 11) is 1.35. The van der Waals surface area contributed by atoms with Crippen molar-refractivity contribution in [2.45, 2.75) is 18.7 Å². The summed E-state index contributed by atoms with van der Waals surface area (Å²) in [5, 5.41) is 0. The van der Waals surface area contributed by atoms with Gasteiger partial charge in [-0.2, -0.15) is 13.2 Å². The van der Waals surface area contributed by atoms with Gasteiger partial charge in [0.05, 0.1) is 12.5 Å². The van der Waals surface area contributed by atoms with Crippen LogP contribution in [0.4, 0.5) is 13.2 Å². The SMILES string of the molecule is COC(CN)CC(=O)NOCC(F)(F)F. The fraction of sp³-hybridized carbons (Fsp3) is 0.857. The number of hydrogen-bond donors (Lipinski definition) is 2. The first kappa shape index (κ1) is 14.1. The largest absolute Gasteiger partial charge is 0.414 e. The van der Waals surface area contributed by atoms with Crippen molar-refractivity contribution in [3.8, 4) is 0 Å². The summed E-state index contributed by atoms with van der Waals surface area (Å²) in [5.41, 5.74) is 6.85. The molecule has 0 radical (unpaired) electrons. The average molecular weight is 230 g/mol. The maximum absolute atomic E-state index is 11.6. The lowest BCUT2D eigenvalue weighted by molar-refractivity contribution is -0.192. The predicted octanol–water partition coefficient (Wildman–Crippen LogP) is -0.0397. The van der Waals surface area contributed by atoms with Gasteiger partial charge in [-0.15, -0.1) is 0 Å². The topological polar surface area (TPSA) is 73.6 Å². The van der Waals surface area contributed by atoms with Gasteiger partial charge < -0.3 is 10.5 Å². The van der Waals surface area contributed by atoms with Crippen LogP contribution < -0.4 is 11.2 Å². The Kier molecular flexibility index (Phi) is 6.21. The number of nitrogens with two attached hydrogens (primary N) is 1. The fourth-order valence-electron chi connectivity index (χ4n) is 0.710. The molecule has 15 heavy (non-hydrogen) atoms. The number of alkyl halides is 3. The molecule has 0 aliphatic heterocycles. The maximum atomic E-state index is 11.6. The minimum Gasteiger partial charge on any atom is -0.380 e. The number of methoxy groups -OCH3 is 1. The van der Waals surface area contributed by atoms with Crippen LogP contribution in [0.1, 0.15) is 6.42 Å². The van der Waals surface area contributed by atoms with E-state index in [4.69, 9.17) is 10.5 Å². The van der Waals surface area contributed by atoms with E-state index in [1.54, 1.807) is 5.48 Å². The lowest BCUT2D eigenvalue weighted by Crippen LogP contribution is -2.34. The summed E-state index contributed by atoms with van der Waals surface area (Å²) in [6.45, 7) is -1.43. The summed E-state index contributed by atoms with van der Waals surface area (Å²) in [6, 6.07) is 0. The summed E-state index contributed by atoms with van der Waals surface area (Å²) in [5.74, 6) is -0.712. The van der Waals surface area contributed by atoms with E-state index in [9.17, 15) is 18.0 Å². The van der Waals surface area contributed by atoms with E-state index in [-0.39, 0.29) is 13.0 Å². The van der Waals surface area contributed by atoms with Crippen molar-refractivity contribution in [1.82, 2.24) is 5.48 Å². The van der Waals surface area contributed by atoms with Crippen LogP contribution in [0.15, 0.2) is 0 Å². The van der Waals surface area contributed by atoms with Crippen LogP contribution in [0, 0.1) is 0 Å². The molecule has 0 saturated heterocycles. The number of ether oxygens (including phenoxy) is 1. The smallest absolute Gasteiger partial charge is 0.380 e. The van der Waals surface area contributed by atoms with E-state index in [1.807, 2.05) is 0 Å². The van der Waals surface area contributed by atoms with E-state index >= 15 is 0 Å². The number of carbonyl (C=O) groups excluding carboxylic acids is 1. The third-order valence-electron chi connectivity index (χ3n) is 1.43. The average Bonchev–Trinajstić information content (AvgIpc) is 2.12. The molecule has 0 saturated carbocycles. The lowest BCUT2D eigenvalue weighted by atomic mass is 10.2. The van der Waals surface area contributed by atoms with Gasteiger partial charge >= 0.3 is 6.18 Å². The number of halogens is 3. The van der Waals surface area contributed by atoms with Crippen LogP contribution in [-0.2, 0) is 14.4 Å².